The van der Waals surface area contributed by atoms with Crippen molar-refractivity contribution in [2.45, 2.75) is 18.9 Å². The van der Waals surface area contributed by atoms with Gasteiger partial charge in [-0.15, -0.1) is 0 Å². The molecule has 1 aromatic rings. The van der Waals surface area contributed by atoms with E-state index < -0.39 is 21.8 Å². The van der Waals surface area contributed by atoms with Crippen molar-refractivity contribution in [3.05, 3.63) is 29.8 Å². The molecule has 122 valence electrons. The summed E-state index contributed by atoms with van der Waals surface area (Å²) in [5.41, 5.74) is 1.14. The van der Waals surface area contributed by atoms with Crippen molar-refractivity contribution < 1.29 is 32.0 Å². The van der Waals surface area contributed by atoms with Gasteiger partial charge in [-0.25, -0.2) is 0 Å². The third-order valence-electron chi connectivity index (χ3n) is 2.96. The standard InChI is InChI=1S/C14H18O7S/c15-14(10-22(16,17)18)20-8-2-1-7-19-12-5-3-11(4-6-12)13-9-21-13/h3-6,13H,1-2,7-10H2,(H,16,17,18). The van der Waals surface area contributed by atoms with E-state index in [-0.39, 0.29) is 12.7 Å². The first kappa shape index (κ1) is 16.7. The number of esters is 1. The molecule has 8 heteroatoms. The van der Waals surface area contributed by atoms with E-state index >= 15 is 0 Å². The molecule has 1 saturated heterocycles. The molecule has 1 N–H and O–H groups in total. The lowest BCUT2D eigenvalue weighted by molar-refractivity contribution is -0.140. The predicted octanol–water partition coefficient (Wildman–Crippen LogP) is 1.35. The van der Waals surface area contributed by atoms with Crippen LogP contribution in [-0.4, -0.2) is 44.5 Å². The van der Waals surface area contributed by atoms with Crippen molar-refractivity contribution in [2.75, 3.05) is 25.6 Å². The summed E-state index contributed by atoms with van der Waals surface area (Å²) >= 11 is 0. The Morgan fingerprint density at radius 3 is 2.45 bits per heavy atom. The fourth-order valence-electron chi connectivity index (χ4n) is 1.79. The Morgan fingerprint density at radius 1 is 1.23 bits per heavy atom. The highest BCUT2D eigenvalue weighted by atomic mass is 32.2. The molecule has 1 aromatic carbocycles. The Kier molecular flexibility index (Phi) is 5.76. The third kappa shape index (κ3) is 6.42. The molecule has 0 aromatic heterocycles. The van der Waals surface area contributed by atoms with Crippen molar-refractivity contribution in [3.63, 3.8) is 0 Å². The second-order valence-corrected chi connectivity index (χ2v) is 6.35. The van der Waals surface area contributed by atoms with Crippen molar-refractivity contribution in [1.82, 2.24) is 0 Å². The summed E-state index contributed by atoms with van der Waals surface area (Å²) in [6.45, 7) is 1.33. The van der Waals surface area contributed by atoms with E-state index in [2.05, 4.69) is 4.74 Å². The number of carbonyl (C=O) groups is 1. The Hall–Kier alpha value is -1.64. The van der Waals surface area contributed by atoms with E-state index in [9.17, 15) is 13.2 Å². The van der Waals surface area contributed by atoms with Crippen LogP contribution < -0.4 is 4.74 Å². The SMILES string of the molecule is O=C(CS(=O)(=O)O)OCCCCOc1ccc(C2CO2)cc1. The van der Waals surface area contributed by atoms with Crippen molar-refractivity contribution in [3.8, 4) is 5.75 Å². The molecule has 1 aliphatic rings. The fourth-order valence-corrected chi connectivity index (χ4v) is 2.17. The van der Waals surface area contributed by atoms with Gasteiger partial charge in [0.25, 0.3) is 10.1 Å². The van der Waals surface area contributed by atoms with Crippen LogP contribution in [0.2, 0.25) is 0 Å². The minimum Gasteiger partial charge on any atom is -0.494 e. The summed E-state index contributed by atoms with van der Waals surface area (Å²) in [4.78, 5) is 11.0. The Morgan fingerprint density at radius 2 is 1.86 bits per heavy atom. The number of hydrogen-bond acceptors (Lipinski definition) is 6. The van der Waals surface area contributed by atoms with E-state index in [4.69, 9.17) is 14.0 Å². The molecule has 0 bridgehead atoms. The molecule has 1 aliphatic heterocycles. The topological polar surface area (TPSA) is 102 Å². The lowest BCUT2D eigenvalue weighted by Gasteiger charge is -2.07. The van der Waals surface area contributed by atoms with Crippen LogP contribution in [0.4, 0.5) is 0 Å². The van der Waals surface area contributed by atoms with Crippen LogP contribution in [-0.2, 0) is 24.4 Å². The second-order valence-electron chi connectivity index (χ2n) is 4.89. The van der Waals surface area contributed by atoms with Gasteiger partial charge in [0.05, 0.1) is 19.8 Å². The third-order valence-corrected chi connectivity index (χ3v) is 3.56. The summed E-state index contributed by atoms with van der Waals surface area (Å²) < 4.78 is 44.7. The van der Waals surface area contributed by atoms with E-state index in [1.54, 1.807) is 0 Å². The molecular weight excluding hydrogens is 312 g/mol. The van der Waals surface area contributed by atoms with Crippen molar-refractivity contribution in [2.24, 2.45) is 0 Å². The van der Waals surface area contributed by atoms with E-state index in [0.717, 1.165) is 17.9 Å². The number of hydrogen-bond donors (Lipinski definition) is 1. The molecule has 0 radical (unpaired) electrons. The van der Waals surface area contributed by atoms with Crippen molar-refractivity contribution >= 4 is 16.1 Å². The largest absolute Gasteiger partial charge is 0.494 e. The van der Waals surface area contributed by atoms with Crippen LogP contribution in [0.25, 0.3) is 0 Å². The maximum atomic E-state index is 11.0. The first-order chi connectivity index (χ1) is 10.4. The molecule has 0 spiro atoms. The number of ether oxygens (including phenoxy) is 3. The quantitative estimate of drug-likeness (QED) is 0.315. The highest BCUT2D eigenvalue weighted by Gasteiger charge is 2.24. The van der Waals surface area contributed by atoms with Gasteiger partial charge in [-0.05, 0) is 30.5 Å². The molecule has 1 heterocycles. The first-order valence-corrected chi connectivity index (χ1v) is 8.50. The number of unbranched alkanes of at least 4 members (excludes halogenated alkanes) is 1. The maximum absolute atomic E-state index is 11.0. The maximum Gasteiger partial charge on any atom is 0.323 e. The summed E-state index contributed by atoms with van der Waals surface area (Å²) in [6, 6.07) is 7.68. The van der Waals surface area contributed by atoms with Crippen LogP contribution in [0.3, 0.4) is 0 Å². The highest BCUT2D eigenvalue weighted by Crippen LogP contribution is 2.30. The zero-order valence-electron chi connectivity index (χ0n) is 11.9. The molecule has 0 saturated carbocycles. The molecule has 22 heavy (non-hydrogen) atoms. The molecule has 0 amide bonds. The van der Waals surface area contributed by atoms with Gasteiger partial charge in [-0.1, -0.05) is 12.1 Å². The smallest absolute Gasteiger partial charge is 0.323 e. The van der Waals surface area contributed by atoms with Crippen LogP contribution in [0.1, 0.15) is 24.5 Å². The van der Waals surface area contributed by atoms with Gasteiger partial charge in [0.15, 0.2) is 5.75 Å². The van der Waals surface area contributed by atoms with Crippen LogP contribution >= 0.6 is 0 Å². The van der Waals surface area contributed by atoms with Gasteiger partial charge >= 0.3 is 5.97 Å². The Labute approximate surface area is 128 Å². The summed E-state index contributed by atoms with van der Waals surface area (Å²) in [7, 11) is -4.32. The molecule has 2 rings (SSSR count). The lowest BCUT2D eigenvalue weighted by Crippen LogP contribution is -2.18. The molecule has 1 atom stereocenters. The van der Waals surface area contributed by atoms with E-state index in [0.29, 0.717) is 19.4 Å². The minimum absolute atomic E-state index is 0.0929. The number of rotatable bonds is 9. The summed E-state index contributed by atoms with van der Waals surface area (Å²) in [6.07, 6.45) is 1.43. The van der Waals surface area contributed by atoms with E-state index in [1.807, 2.05) is 24.3 Å². The zero-order chi connectivity index (χ0) is 16.0. The average molecular weight is 330 g/mol. The molecule has 1 fully saturated rings. The average Bonchev–Trinajstić information content (AvgIpc) is 3.26. The molecule has 7 nitrogen and oxygen atoms in total. The van der Waals surface area contributed by atoms with Gasteiger partial charge in [0.1, 0.15) is 11.9 Å². The van der Waals surface area contributed by atoms with Crippen LogP contribution in [0, 0.1) is 0 Å². The van der Waals surface area contributed by atoms with E-state index in [1.165, 1.54) is 0 Å². The lowest BCUT2D eigenvalue weighted by atomic mass is 10.2. The first-order valence-electron chi connectivity index (χ1n) is 6.89. The fraction of sp³-hybridized carbons (Fsp3) is 0.500. The second kappa shape index (κ2) is 7.57. The van der Waals surface area contributed by atoms with Crippen molar-refractivity contribution in [1.29, 1.82) is 0 Å². The van der Waals surface area contributed by atoms with Crippen LogP contribution in [0.5, 0.6) is 5.75 Å². The molecular formula is C14H18O7S. The highest BCUT2D eigenvalue weighted by molar-refractivity contribution is 7.86. The minimum atomic E-state index is -4.32. The normalized spacial score (nSPS) is 17.0. The number of epoxide rings is 1. The monoisotopic (exact) mass is 330 g/mol. The molecule has 0 aliphatic carbocycles. The van der Waals surface area contributed by atoms with Gasteiger partial charge in [0, 0.05) is 0 Å². The molecule has 1 unspecified atom stereocenters. The van der Waals surface area contributed by atoms with Crippen LogP contribution in [0.15, 0.2) is 24.3 Å². The zero-order valence-corrected chi connectivity index (χ0v) is 12.8. The van der Waals surface area contributed by atoms with Gasteiger partial charge in [0.2, 0.25) is 0 Å². The number of benzene rings is 1. The van der Waals surface area contributed by atoms with Gasteiger partial charge < -0.3 is 14.2 Å². The summed E-state index contributed by atoms with van der Waals surface area (Å²) in [5.74, 6) is -1.21. The predicted molar refractivity (Wildman–Crippen MR) is 77.2 cm³/mol. The Balaban J connectivity index is 1.54. The Bertz CT molecular complexity index is 590. The number of carbonyl (C=O) groups excluding carboxylic acids is 1. The van der Waals surface area contributed by atoms with Gasteiger partial charge in [-0.3, -0.25) is 9.35 Å². The summed E-state index contributed by atoms with van der Waals surface area (Å²) in [5, 5.41) is 0. The van der Waals surface area contributed by atoms with Gasteiger partial charge in [-0.2, -0.15) is 8.42 Å².